The van der Waals surface area contributed by atoms with Crippen molar-refractivity contribution in [3.63, 3.8) is 0 Å². The summed E-state index contributed by atoms with van der Waals surface area (Å²) in [5.74, 6) is 2.29. The van der Waals surface area contributed by atoms with E-state index in [9.17, 15) is 0 Å². The van der Waals surface area contributed by atoms with Gasteiger partial charge in [-0.2, -0.15) is 0 Å². The second-order valence-corrected chi connectivity index (χ2v) is 4.48. The number of hydrogen-bond acceptors (Lipinski definition) is 4. The molecule has 18 heavy (non-hydrogen) atoms. The van der Waals surface area contributed by atoms with E-state index >= 15 is 0 Å². The van der Waals surface area contributed by atoms with Gasteiger partial charge in [0.15, 0.2) is 0 Å². The van der Waals surface area contributed by atoms with Crippen LogP contribution in [0, 0.1) is 0 Å². The van der Waals surface area contributed by atoms with Gasteiger partial charge >= 0.3 is 0 Å². The number of methoxy groups -OCH3 is 1. The first-order valence-electron chi connectivity index (χ1n) is 6.85. The molecule has 1 rings (SSSR count). The maximum atomic E-state index is 5.17. The fourth-order valence-corrected chi connectivity index (χ4v) is 1.92. The van der Waals surface area contributed by atoms with E-state index in [1.165, 1.54) is 0 Å². The summed E-state index contributed by atoms with van der Waals surface area (Å²) in [4.78, 5) is 9.21. The Balaban J connectivity index is 2.96. The van der Waals surface area contributed by atoms with E-state index in [1.807, 2.05) is 6.07 Å². The predicted molar refractivity (Wildman–Crippen MR) is 74.8 cm³/mol. The number of ether oxygens (including phenoxy) is 1. The number of rotatable bonds is 8. The van der Waals surface area contributed by atoms with Crippen molar-refractivity contribution in [3.05, 3.63) is 17.6 Å². The lowest BCUT2D eigenvalue weighted by Gasteiger charge is -2.14. The van der Waals surface area contributed by atoms with E-state index in [4.69, 9.17) is 4.74 Å². The van der Waals surface area contributed by atoms with Gasteiger partial charge in [-0.05, 0) is 19.3 Å². The minimum Gasteiger partial charge on any atom is -0.378 e. The zero-order valence-corrected chi connectivity index (χ0v) is 12.0. The maximum Gasteiger partial charge on any atom is 0.134 e. The Kier molecular flexibility index (Phi) is 6.65. The summed E-state index contributed by atoms with van der Waals surface area (Å²) in [7, 11) is 1.69. The van der Waals surface area contributed by atoms with Crippen LogP contribution in [-0.2, 0) is 11.3 Å². The van der Waals surface area contributed by atoms with Gasteiger partial charge < -0.3 is 10.1 Å². The molecule has 0 aliphatic rings. The van der Waals surface area contributed by atoms with Crippen LogP contribution in [0.15, 0.2) is 6.07 Å². The number of aromatic nitrogens is 2. The van der Waals surface area contributed by atoms with Gasteiger partial charge in [-0.25, -0.2) is 9.97 Å². The molecule has 102 valence electrons. The van der Waals surface area contributed by atoms with Crippen LogP contribution >= 0.6 is 0 Å². The summed E-state index contributed by atoms with van der Waals surface area (Å²) in [5.41, 5.74) is 0.952. The molecule has 1 aromatic rings. The van der Waals surface area contributed by atoms with Gasteiger partial charge in [0.25, 0.3) is 0 Å². The molecule has 0 saturated heterocycles. The van der Waals surface area contributed by atoms with Crippen molar-refractivity contribution >= 4 is 5.82 Å². The Hall–Kier alpha value is -1.16. The highest BCUT2D eigenvalue weighted by Crippen LogP contribution is 2.21. The van der Waals surface area contributed by atoms with Gasteiger partial charge in [0.1, 0.15) is 11.6 Å². The molecule has 0 unspecified atom stereocenters. The minimum atomic E-state index is 0.434. The third-order valence-corrected chi connectivity index (χ3v) is 3.00. The molecule has 4 nitrogen and oxygen atoms in total. The quantitative estimate of drug-likeness (QED) is 0.769. The predicted octanol–water partition coefficient (Wildman–Crippen LogP) is 3.35. The lowest BCUT2D eigenvalue weighted by atomic mass is 10.0. The lowest BCUT2D eigenvalue weighted by molar-refractivity contribution is 0.181. The molecule has 0 spiro atoms. The van der Waals surface area contributed by atoms with E-state index in [1.54, 1.807) is 7.11 Å². The van der Waals surface area contributed by atoms with E-state index in [0.29, 0.717) is 12.5 Å². The summed E-state index contributed by atoms with van der Waals surface area (Å²) in [6, 6.07) is 1.98. The van der Waals surface area contributed by atoms with Gasteiger partial charge in [-0.15, -0.1) is 0 Å². The number of nitrogens with one attached hydrogen (secondary N) is 1. The van der Waals surface area contributed by atoms with Gasteiger partial charge in [0.2, 0.25) is 0 Å². The Labute approximate surface area is 110 Å². The highest BCUT2D eigenvalue weighted by Gasteiger charge is 2.12. The molecule has 1 N–H and O–H groups in total. The monoisotopic (exact) mass is 251 g/mol. The maximum absolute atomic E-state index is 5.17. The fraction of sp³-hybridized carbons (Fsp3) is 0.714. The largest absolute Gasteiger partial charge is 0.378 e. The third-order valence-electron chi connectivity index (χ3n) is 3.00. The summed E-state index contributed by atoms with van der Waals surface area (Å²) in [6.07, 6.45) is 3.23. The second-order valence-electron chi connectivity index (χ2n) is 4.48. The van der Waals surface area contributed by atoms with Gasteiger partial charge in [0.05, 0.1) is 12.3 Å². The molecule has 0 aromatic carbocycles. The second kappa shape index (κ2) is 8.03. The first-order chi connectivity index (χ1) is 8.74. The molecule has 1 aromatic heterocycles. The molecule has 0 saturated carbocycles. The molecule has 0 aliphatic carbocycles. The molecular weight excluding hydrogens is 226 g/mol. The van der Waals surface area contributed by atoms with E-state index in [-0.39, 0.29) is 0 Å². The topological polar surface area (TPSA) is 47.0 Å². The Morgan fingerprint density at radius 2 is 1.94 bits per heavy atom. The van der Waals surface area contributed by atoms with Crippen LogP contribution in [0.1, 0.15) is 57.5 Å². The zero-order valence-electron chi connectivity index (χ0n) is 12.0. The van der Waals surface area contributed by atoms with Gasteiger partial charge in [-0.1, -0.05) is 20.8 Å². The first-order valence-corrected chi connectivity index (χ1v) is 6.85. The number of hydrogen-bond donors (Lipinski definition) is 1. The summed E-state index contributed by atoms with van der Waals surface area (Å²) >= 11 is 0. The van der Waals surface area contributed by atoms with Crippen molar-refractivity contribution in [2.45, 2.75) is 52.6 Å². The molecule has 0 fully saturated rings. The van der Waals surface area contributed by atoms with Gasteiger partial charge in [0, 0.05) is 25.6 Å². The van der Waals surface area contributed by atoms with Crippen molar-refractivity contribution in [1.29, 1.82) is 0 Å². The summed E-state index contributed by atoms with van der Waals surface area (Å²) < 4.78 is 5.17. The van der Waals surface area contributed by atoms with E-state index in [0.717, 1.165) is 43.1 Å². The summed E-state index contributed by atoms with van der Waals surface area (Å²) in [6.45, 7) is 7.98. The van der Waals surface area contributed by atoms with Crippen LogP contribution in [0.4, 0.5) is 5.82 Å². The number of anilines is 1. The Bertz CT molecular complexity index is 351. The van der Waals surface area contributed by atoms with E-state index < -0.39 is 0 Å². The fourth-order valence-electron chi connectivity index (χ4n) is 1.92. The van der Waals surface area contributed by atoms with Crippen molar-refractivity contribution in [2.24, 2.45) is 0 Å². The molecule has 1 heterocycles. The third kappa shape index (κ3) is 4.26. The standard InChI is InChI=1S/C14H25N3O/c1-5-8-15-13-9-12(10-18-4)16-14(17-13)11(6-2)7-3/h9,11H,5-8,10H2,1-4H3,(H,15,16,17). The smallest absolute Gasteiger partial charge is 0.134 e. The molecule has 0 amide bonds. The molecule has 4 heteroatoms. The Morgan fingerprint density at radius 1 is 1.22 bits per heavy atom. The first kappa shape index (κ1) is 14.9. The van der Waals surface area contributed by atoms with E-state index in [2.05, 4.69) is 36.1 Å². The van der Waals surface area contributed by atoms with Gasteiger partial charge in [-0.3, -0.25) is 0 Å². The average molecular weight is 251 g/mol. The SMILES string of the molecule is CCCNc1cc(COC)nc(C(CC)CC)n1. The molecule has 0 atom stereocenters. The Morgan fingerprint density at radius 3 is 2.50 bits per heavy atom. The van der Waals surface area contributed by atoms with Crippen LogP contribution in [-0.4, -0.2) is 23.6 Å². The lowest BCUT2D eigenvalue weighted by Crippen LogP contribution is -2.10. The zero-order chi connectivity index (χ0) is 13.4. The van der Waals surface area contributed by atoms with Crippen molar-refractivity contribution in [2.75, 3.05) is 19.0 Å². The minimum absolute atomic E-state index is 0.434. The van der Waals surface area contributed by atoms with Crippen molar-refractivity contribution in [1.82, 2.24) is 9.97 Å². The normalized spacial score (nSPS) is 10.9. The molecular formula is C14H25N3O. The van der Waals surface area contributed by atoms with Crippen molar-refractivity contribution in [3.8, 4) is 0 Å². The molecule has 0 radical (unpaired) electrons. The van der Waals surface area contributed by atoms with Crippen molar-refractivity contribution < 1.29 is 4.74 Å². The van der Waals surface area contributed by atoms with Crippen LogP contribution < -0.4 is 5.32 Å². The average Bonchev–Trinajstić information content (AvgIpc) is 2.38. The van der Waals surface area contributed by atoms with Crippen LogP contribution in [0.2, 0.25) is 0 Å². The molecule has 0 bridgehead atoms. The summed E-state index contributed by atoms with van der Waals surface area (Å²) in [5, 5.41) is 3.33. The molecule has 0 aliphatic heterocycles. The van der Waals surface area contributed by atoms with Crippen LogP contribution in [0.25, 0.3) is 0 Å². The van der Waals surface area contributed by atoms with Crippen LogP contribution in [0.3, 0.4) is 0 Å². The highest BCUT2D eigenvalue weighted by molar-refractivity contribution is 5.36. The number of nitrogens with zero attached hydrogens (tertiary/aromatic N) is 2. The highest BCUT2D eigenvalue weighted by atomic mass is 16.5. The van der Waals surface area contributed by atoms with Crippen LogP contribution in [0.5, 0.6) is 0 Å².